The van der Waals surface area contributed by atoms with E-state index in [1.807, 2.05) is 0 Å². The number of ether oxygens (including phenoxy) is 2. The summed E-state index contributed by atoms with van der Waals surface area (Å²) in [6, 6.07) is 5.88. The van der Waals surface area contributed by atoms with Gasteiger partial charge in [0, 0.05) is 6.07 Å². The van der Waals surface area contributed by atoms with Crippen molar-refractivity contribution in [3.63, 3.8) is 0 Å². The molecule has 6 nitrogen and oxygen atoms in total. The Hall–Kier alpha value is -1.89. The molecule has 1 aromatic carbocycles. The first-order valence-corrected chi connectivity index (χ1v) is 8.26. The largest absolute Gasteiger partial charge is 0.480 e. The molecule has 2 aromatic rings. The fourth-order valence-corrected chi connectivity index (χ4v) is 2.42. The van der Waals surface area contributed by atoms with Crippen molar-refractivity contribution in [2.45, 2.75) is 13.0 Å². The van der Waals surface area contributed by atoms with Crippen molar-refractivity contribution in [3.8, 4) is 5.75 Å². The van der Waals surface area contributed by atoms with E-state index >= 15 is 0 Å². The van der Waals surface area contributed by atoms with Gasteiger partial charge >= 0.3 is 5.97 Å². The first-order chi connectivity index (χ1) is 11.9. The van der Waals surface area contributed by atoms with E-state index in [0.29, 0.717) is 5.76 Å². The molecule has 0 saturated carbocycles. The van der Waals surface area contributed by atoms with Crippen molar-refractivity contribution in [3.05, 3.63) is 51.4 Å². The van der Waals surface area contributed by atoms with Gasteiger partial charge in [0.05, 0.1) is 27.4 Å². The van der Waals surface area contributed by atoms with Crippen LogP contribution in [0.25, 0.3) is 0 Å². The molecule has 0 bridgehead atoms. The Morgan fingerprint density at radius 3 is 2.56 bits per heavy atom. The highest BCUT2D eigenvalue weighted by Gasteiger charge is 2.15. The van der Waals surface area contributed by atoms with Crippen molar-refractivity contribution < 1.29 is 23.5 Å². The minimum atomic E-state index is -0.733. The maximum absolute atomic E-state index is 11.7. The number of carbonyl (C=O) groups excluding carboxylic acids is 2. The van der Waals surface area contributed by atoms with Gasteiger partial charge in [-0.1, -0.05) is 34.8 Å². The SMILES string of the molecule is C[C@H](NC(=O)COC(=O)COc1cc(Cl)c(Cl)cc1Cl)c1ccco1. The van der Waals surface area contributed by atoms with Crippen LogP contribution in [0.5, 0.6) is 5.75 Å². The van der Waals surface area contributed by atoms with Crippen molar-refractivity contribution in [1.82, 2.24) is 5.32 Å². The van der Waals surface area contributed by atoms with Gasteiger partial charge in [0.25, 0.3) is 5.91 Å². The van der Waals surface area contributed by atoms with Gasteiger partial charge in [0.1, 0.15) is 11.5 Å². The van der Waals surface area contributed by atoms with Crippen LogP contribution in [0.4, 0.5) is 0 Å². The highest BCUT2D eigenvalue weighted by molar-refractivity contribution is 6.43. The highest BCUT2D eigenvalue weighted by atomic mass is 35.5. The second-order valence-corrected chi connectivity index (χ2v) is 6.17. The fourth-order valence-electron chi connectivity index (χ4n) is 1.83. The quantitative estimate of drug-likeness (QED) is 0.554. The second-order valence-electron chi connectivity index (χ2n) is 4.95. The number of hydrogen-bond donors (Lipinski definition) is 1. The smallest absolute Gasteiger partial charge is 0.344 e. The normalized spacial score (nSPS) is 11.7. The number of hydrogen-bond acceptors (Lipinski definition) is 5. The summed E-state index contributed by atoms with van der Waals surface area (Å²) in [5, 5.41) is 3.34. The summed E-state index contributed by atoms with van der Waals surface area (Å²) >= 11 is 17.6. The first-order valence-electron chi connectivity index (χ1n) is 7.12. The van der Waals surface area contributed by atoms with Gasteiger partial charge < -0.3 is 19.2 Å². The van der Waals surface area contributed by atoms with Crippen LogP contribution in [0.1, 0.15) is 18.7 Å². The molecule has 1 aromatic heterocycles. The monoisotopic (exact) mass is 405 g/mol. The van der Waals surface area contributed by atoms with Crippen molar-refractivity contribution in [1.29, 1.82) is 0 Å². The third kappa shape index (κ3) is 5.85. The number of halogens is 3. The van der Waals surface area contributed by atoms with E-state index in [2.05, 4.69) is 5.32 Å². The lowest BCUT2D eigenvalue weighted by Crippen LogP contribution is -2.31. The number of rotatable bonds is 7. The standard InChI is InChI=1S/C16H14Cl3NO5/c1-9(13-3-2-4-23-13)20-15(21)7-25-16(22)8-24-14-6-11(18)10(17)5-12(14)19/h2-6,9H,7-8H2,1H3,(H,20,21)/t9-/m0/s1. The average Bonchev–Trinajstić information content (AvgIpc) is 3.09. The molecule has 0 radical (unpaired) electrons. The molecule has 134 valence electrons. The zero-order valence-corrected chi connectivity index (χ0v) is 15.3. The van der Waals surface area contributed by atoms with E-state index in [4.69, 9.17) is 48.7 Å². The molecular weight excluding hydrogens is 393 g/mol. The van der Waals surface area contributed by atoms with Gasteiger partial charge in [0.2, 0.25) is 0 Å². The number of furan rings is 1. The van der Waals surface area contributed by atoms with Crippen molar-refractivity contribution >= 4 is 46.7 Å². The minimum absolute atomic E-state index is 0.184. The Morgan fingerprint density at radius 1 is 1.16 bits per heavy atom. The van der Waals surface area contributed by atoms with Gasteiger partial charge in [-0.15, -0.1) is 0 Å². The zero-order valence-electron chi connectivity index (χ0n) is 13.1. The van der Waals surface area contributed by atoms with Gasteiger partial charge in [0.15, 0.2) is 13.2 Å². The lowest BCUT2D eigenvalue weighted by atomic mass is 10.2. The van der Waals surface area contributed by atoms with Gasteiger partial charge in [-0.2, -0.15) is 0 Å². The first kappa shape index (κ1) is 19.4. The third-order valence-electron chi connectivity index (χ3n) is 3.03. The van der Waals surface area contributed by atoms with Crippen LogP contribution in [-0.4, -0.2) is 25.1 Å². The molecule has 0 unspecified atom stereocenters. The molecule has 1 amide bonds. The van der Waals surface area contributed by atoms with E-state index in [1.165, 1.54) is 18.4 Å². The summed E-state index contributed by atoms with van der Waals surface area (Å²) in [7, 11) is 0. The predicted octanol–water partition coefficient (Wildman–Crippen LogP) is 4.04. The molecule has 0 saturated heterocycles. The Balaban J connectivity index is 1.75. The van der Waals surface area contributed by atoms with Crippen LogP contribution in [-0.2, 0) is 14.3 Å². The molecular formula is C16H14Cl3NO5. The number of nitrogens with one attached hydrogen (secondary N) is 1. The molecule has 2 rings (SSSR count). The number of carbonyl (C=O) groups is 2. The third-order valence-corrected chi connectivity index (χ3v) is 4.05. The molecule has 9 heteroatoms. The topological polar surface area (TPSA) is 77.8 Å². The molecule has 25 heavy (non-hydrogen) atoms. The number of benzene rings is 1. The van der Waals surface area contributed by atoms with Crippen molar-refractivity contribution in [2.24, 2.45) is 0 Å². The van der Waals surface area contributed by atoms with Gasteiger partial charge in [-0.25, -0.2) is 4.79 Å². The molecule has 0 aliphatic carbocycles. The summed E-state index contributed by atoms with van der Waals surface area (Å²) < 4.78 is 15.2. The molecule has 0 fully saturated rings. The Labute approximate surface area is 158 Å². The Kier molecular flexibility index (Phi) is 6.99. The van der Waals surface area contributed by atoms with E-state index in [0.717, 1.165) is 0 Å². The Bertz CT molecular complexity index is 748. The minimum Gasteiger partial charge on any atom is -0.480 e. The van der Waals surface area contributed by atoms with Gasteiger partial charge in [-0.3, -0.25) is 4.79 Å². The number of esters is 1. The average molecular weight is 407 g/mol. The molecule has 0 aliphatic rings. The summed E-state index contributed by atoms with van der Waals surface area (Å²) in [5.74, 6) is -0.422. The molecule has 0 spiro atoms. The van der Waals surface area contributed by atoms with E-state index < -0.39 is 25.1 Å². The molecule has 1 atom stereocenters. The zero-order chi connectivity index (χ0) is 18.4. The maximum atomic E-state index is 11.7. The predicted molar refractivity (Wildman–Crippen MR) is 93.2 cm³/mol. The van der Waals surface area contributed by atoms with Crippen LogP contribution in [0.15, 0.2) is 34.9 Å². The maximum Gasteiger partial charge on any atom is 0.344 e. The summed E-state index contributed by atoms with van der Waals surface area (Å²) in [5.41, 5.74) is 0. The van der Waals surface area contributed by atoms with E-state index in [1.54, 1.807) is 19.1 Å². The summed E-state index contributed by atoms with van der Waals surface area (Å²) in [6.07, 6.45) is 1.50. The van der Waals surface area contributed by atoms with E-state index in [-0.39, 0.29) is 26.9 Å². The van der Waals surface area contributed by atoms with Crippen LogP contribution >= 0.6 is 34.8 Å². The molecule has 0 aliphatic heterocycles. The lowest BCUT2D eigenvalue weighted by Gasteiger charge is -2.12. The van der Waals surface area contributed by atoms with Crippen molar-refractivity contribution in [2.75, 3.05) is 13.2 Å². The fraction of sp³-hybridized carbons (Fsp3) is 0.250. The second kappa shape index (κ2) is 8.99. The highest BCUT2D eigenvalue weighted by Crippen LogP contribution is 2.33. The van der Waals surface area contributed by atoms with Crippen LogP contribution in [0.2, 0.25) is 15.1 Å². The lowest BCUT2D eigenvalue weighted by molar-refractivity contribution is -0.150. The molecule has 1 heterocycles. The van der Waals surface area contributed by atoms with Crippen LogP contribution < -0.4 is 10.1 Å². The summed E-state index contributed by atoms with van der Waals surface area (Å²) in [4.78, 5) is 23.4. The Morgan fingerprint density at radius 2 is 1.88 bits per heavy atom. The van der Waals surface area contributed by atoms with Crippen LogP contribution in [0.3, 0.4) is 0 Å². The van der Waals surface area contributed by atoms with E-state index in [9.17, 15) is 9.59 Å². The van der Waals surface area contributed by atoms with Gasteiger partial charge in [-0.05, 0) is 25.1 Å². The number of amides is 1. The summed E-state index contributed by atoms with van der Waals surface area (Å²) in [6.45, 7) is 0.870. The van der Waals surface area contributed by atoms with Crippen LogP contribution in [0, 0.1) is 0 Å². The molecule has 1 N–H and O–H groups in total.